The number of amides is 1. The number of nitrogens with zero attached hydrogens (tertiary/aromatic N) is 1. The van der Waals surface area contributed by atoms with Gasteiger partial charge in [-0.05, 0) is 6.07 Å². The molecule has 120 valence electrons. The number of hydrogen-bond acceptors (Lipinski definition) is 5. The van der Waals surface area contributed by atoms with E-state index in [1.165, 1.54) is 12.3 Å². The van der Waals surface area contributed by atoms with Crippen LogP contribution in [0.4, 0.5) is 0 Å². The van der Waals surface area contributed by atoms with Crippen LogP contribution >= 0.6 is 11.6 Å². The number of aromatic nitrogens is 1. The van der Waals surface area contributed by atoms with Gasteiger partial charge in [-0.25, -0.2) is 0 Å². The Kier molecular flexibility index (Phi) is 4.77. The Hall–Kier alpha value is -1.41. The number of halogens is 1. The highest BCUT2D eigenvalue weighted by molar-refractivity contribution is 6.30. The largest absolute Gasteiger partial charge is 0.379 e. The molecule has 3 heterocycles. The Balaban J connectivity index is 1.69. The lowest BCUT2D eigenvalue weighted by Gasteiger charge is -2.34. The van der Waals surface area contributed by atoms with E-state index < -0.39 is 11.5 Å². The standard InChI is InChI=1S/C14H18ClN3O4/c15-9-5-10(13(19)16-6-9)14(20)17-11-7-22-8-12(11)18-1-3-21-4-2-18/h5-6,11-12H,1-4,7-8H2,(H,16,19)(H,17,20)/t11-,12-/m0/s1. The summed E-state index contributed by atoms with van der Waals surface area (Å²) in [5.41, 5.74) is -0.441. The molecule has 0 saturated carbocycles. The summed E-state index contributed by atoms with van der Waals surface area (Å²) in [6.07, 6.45) is 1.36. The quantitative estimate of drug-likeness (QED) is 0.807. The molecule has 0 radical (unpaired) electrons. The van der Waals surface area contributed by atoms with Crippen molar-refractivity contribution >= 4 is 17.5 Å². The maximum absolute atomic E-state index is 12.3. The summed E-state index contributed by atoms with van der Waals surface area (Å²) >= 11 is 5.83. The van der Waals surface area contributed by atoms with Crippen molar-refractivity contribution in [2.24, 2.45) is 0 Å². The molecule has 2 aliphatic heterocycles. The molecule has 0 aliphatic carbocycles. The fourth-order valence-corrected chi connectivity index (χ4v) is 2.99. The molecule has 2 aliphatic rings. The topological polar surface area (TPSA) is 83.7 Å². The number of rotatable bonds is 3. The van der Waals surface area contributed by atoms with Crippen molar-refractivity contribution in [2.45, 2.75) is 12.1 Å². The highest BCUT2D eigenvalue weighted by atomic mass is 35.5. The van der Waals surface area contributed by atoms with Gasteiger partial charge < -0.3 is 19.8 Å². The van der Waals surface area contributed by atoms with Crippen molar-refractivity contribution in [3.63, 3.8) is 0 Å². The van der Waals surface area contributed by atoms with E-state index in [0.29, 0.717) is 31.5 Å². The fraction of sp³-hybridized carbons (Fsp3) is 0.571. The van der Waals surface area contributed by atoms with Gasteiger partial charge in [0, 0.05) is 19.3 Å². The lowest BCUT2D eigenvalue weighted by molar-refractivity contribution is 0.0108. The zero-order valence-corrected chi connectivity index (χ0v) is 12.8. The van der Waals surface area contributed by atoms with Gasteiger partial charge >= 0.3 is 0 Å². The summed E-state index contributed by atoms with van der Waals surface area (Å²) < 4.78 is 10.8. The fourth-order valence-electron chi connectivity index (χ4n) is 2.82. The minimum absolute atomic E-state index is 0.0140. The molecular weight excluding hydrogens is 310 g/mol. The number of pyridine rings is 1. The molecule has 1 aromatic heterocycles. The van der Waals surface area contributed by atoms with Crippen molar-refractivity contribution in [2.75, 3.05) is 39.5 Å². The molecule has 1 amide bonds. The van der Waals surface area contributed by atoms with Gasteiger partial charge in [0.15, 0.2) is 0 Å². The summed E-state index contributed by atoms with van der Waals surface area (Å²) in [7, 11) is 0. The Morgan fingerprint density at radius 2 is 2.09 bits per heavy atom. The van der Waals surface area contributed by atoms with Gasteiger partial charge in [0.2, 0.25) is 0 Å². The second kappa shape index (κ2) is 6.78. The number of hydrogen-bond donors (Lipinski definition) is 2. The minimum Gasteiger partial charge on any atom is -0.379 e. The first kappa shape index (κ1) is 15.5. The molecule has 22 heavy (non-hydrogen) atoms. The Labute approximate surface area is 132 Å². The summed E-state index contributed by atoms with van der Waals surface area (Å²) in [5, 5.41) is 3.20. The lowest BCUT2D eigenvalue weighted by atomic mass is 10.1. The molecule has 3 rings (SSSR count). The van der Waals surface area contributed by atoms with E-state index in [2.05, 4.69) is 15.2 Å². The van der Waals surface area contributed by atoms with Crippen molar-refractivity contribution in [1.29, 1.82) is 0 Å². The molecular formula is C14H18ClN3O4. The average molecular weight is 328 g/mol. The van der Waals surface area contributed by atoms with Crippen molar-refractivity contribution in [3.8, 4) is 0 Å². The zero-order chi connectivity index (χ0) is 15.5. The Morgan fingerprint density at radius 3 is 2.86 bits per heavy atom. The van der Waals surface area contributed by atoms with Gasteiger partial charge in [0.1, 0.15) is 5.56 Å². The van der Waals surface area contributed by atoms with Gasteiger partial charge in [0.25, 0.3) is 11.5 Å². The number of nitrogens with one attached hydrogen (secondary N) is 2. The van der Waals surface area contributed by atoms with Crippen molar-refractivity contribution in [1.82, 2.24) is 15.2 Å². The van der Waals surface area contributed by atoms with E-state index in [-0.39, 0.29) is 17.6 Å². The van der Waals surface area contributed by atoms with Crippen LogP contribution in [0.3, 0.4) is 0 Å². The van der Waals surface area contributed by atoms with Crippen LogP contribution in [0.2, 0.25) is 5.02 Å². The number of carbonyl (C=O) groups excluding carboxylic acids is 1. The second-order valence-corrected chi connectivity index (χ2v) is 5.83. The Bertz CT molecular complexity index is 600. The van der Waals surface area contributed by atoms with Crippen LogP contribution in [0.5, 0.6) is 0 Å². The van der Waals surface area contributed by atoms with Crippen LogP contribution in [-0.4, -0.2) is 67.4 Å². The highest BCUT2D eigenvalue weighted by Gasteiger charge is 2.35. The SMILES string of the molecule is O=C(N[C@H]1COC[C@@H]1N1CCOCC1)c1cc(Cl)c[nH]c1=O. The molecule has 7 nitrogen and oxygen atoms in total. The molecule has 2 saturated heterocycles. The summed E-state index contributed by atoms with van der Waals surface area (Å²) in [4.78, 5) is 28.7. The van der Waals surface area contributed by atoms with E-state index in [4.69, 9.17) is 21.1 Å². The van der Waals surface area contributed by atoms with Crippen LogP contribution < -0.4 is 10.9 Å². The van der Waals surface area contributed by atoms with E-state index >= 15 is 0 Å². The summed E-state index contributed by atoms with van der Waals surface area (Å²) in [6, 6.07) is 1.32. The predicted octanol–water partition coefficient (Wildman–Crippen LogP) is -0.142. The third-order valence-electron chi connectivity index (χ3n) is 3.99. The number of carbonyl (C=O) groups is 1. The second-order valence-electron chi connectivity index (χ2n) is 5.39. The van der Waals surface area contributed by atoms with Crippen LogP contribution in [-0.2, 0) is 9.47 Å². The van der Waals surface area contributed by atoms with Gasteiger partial charge in [-0.15, -0.1) is 0 Å². The first-order chi connectivity index (χ1) is 10.6. The minimum atomic E-state index is -0.455. The number of H-pyrrole nitrogens is 1. The van der Waals surface area contributed by atoms with Gasteiger partial charge in [-0.1, -0.05) is 11.6 Å². The predicted molar refractivity (Wildman–Crippen MR) is 80.3 cm³/mol. The van der Waals surface area contributed by atoms with Crippen molar-refractivity contribution in [3.05, 3.63) is 33.2 Å². The third kappa shape index (κ3) is 3.33. The van der Waals surface area contributed by atoms with Crippen molar-refractivity contribution < 1.29 is 14.3 Å². The van der Waals surface area contributed by atoms with E-state index in [1.807, 2.05) is 0 Å². The van der Waals surface area contributed by atoms with E-state index in [9.17, 15) is 9.59 Å². The smallest absolute Gasteiger partial charge is 0.260 e. The van der Waals surface area contributed by atoms with Gasteiger partial charge in [-0.3, -0.25) is 14.5 Å². The first-order valence-electron chi connectivity index (χ1n) is 7.24. The molecule has 2 N–H and O–H groups in total. The van der Waals surface area contributed by atoms with Crippen LogP contribution in [0.15, 0.2) is 17.1 Å². The molecule has 1 aromatic rings. The van der Waals surface area contributed by atoms with Gasteiger partial charge in [0.05, 0.1) is 43.5 Å². The number of aromatic amines is 1. The third-order valence-corrected chi connectivity index (χ3v) is 4.21. The van der Waals surface area contributed by atoms with Crippen LogP contribution in [0.25, 0.3) is 0 Å². The molecule has 0 unspecified atom stereocenters. The molecule has 2 fully saturated rings. The maximum atomic E-state index is 12.3. The summed E-state index contributed by atoms with van der Waals surface area (Å²) in [6.45, 7) is 4.01. The highest BCUT2D eigenvalue weighted by Crippen LogP contribution is 2.15. The average Bonchev–Trinajstić information content (AvgIpc) is 2.98. The van der Waals surface area contributed by atoms with E-state index in [1.54, 1.807) is 0 Å². The Morgan fingerprint density at radius 1 is 1.32 bits per heavy atom. The first-order valence-corrected chi connectivity index (χ1v) is 7.61. The zero-order valence-electron chi connectivity index (χ0n) is 12.0. The van der Waals surface area contributed by atoms with Gasteiger partial charge in [-0.2, -0.15) is 0 Å². The molecule has 0 aromatic carbocycles. The molecule has 0 bridgehead atoms. The van der Waals surface area contributed by atoms with Crippen LogP contribution in [0.1, 0.15) is 10.4 Å². The lowest BCUT2D eigenvalue weighted by Crippen LogP contribution is -2.54. The maximum Gasteiger partial charge on any atom is 0.260 e. The number of morpholine rings is 1. The molecule has 2 atom stereocenters. The molecule has 0 spiro atoms. The van der Waals surface area contributed by atoms with E-state index in [0.717, 1.165) is 13.1 Å². The summed E-state index contributed by atoms with van der Waals surface area (Å²) in [5.74, 6) is -0.433. The normalized spacial score (nSPS) is 26.0. The number of ether oxygens (including phenoxy) is 2. The monoisotopic (exact) mass is 327 g/mol. The van der Waals surface area contributed by atoms with Crippen LogP contribution in [0, 0.1) is 0 Å². The molecule has 8 heteroatoms.